The van der Waals surface area contributed by atoms with Crippen molar-refractivity contribution in [3.8, 4) is 0 Å². The predicted molar refractivity (Wildman–Crippen MR) is 95.0 cm³/mol. The van der Waals surface area contributed by atoms with Gasteiger partial charge in [0.1, 0.15) is 10.3 Å². The van der Waals surface area contributed by atoms with Gasteiger partial charge in [0.25, 0.3) is 7.44 Å². The Morgan fingerprint density at radius 2 is 1.29 bits per heavy atom. The lowest BCUT2D eigenvalue weighted by Crippen LogP contribution is -2.20. The molecular formula is C14H11Cl2N6OP. The maximum absolute atomic E-state index is 13.5. The molecule has 1 aromatic carbocycles. The lowest BCUT2D eigenvalue weighted by Gasteiger charge is -2.20. The molecule has 0 radical (unpaired) electrons. The van der Waals surface area contributed by atoms with Gasteiger partial charge in [-0.1, -0.05) is 41.4 Å². The first-order chi connectivity index (χ1) is 11.5. The zero-order valence-electron chi connectivity index (χ0n) is 12.1. The quantitative estimate of drug-likeness (QED) is 0.515. The van der Waals surface area contributed by atoms with Crippen molar-refractivity contribution in [1.29, 1.82) is 0 Å². The van der Waals surface area contributed by atoms with E-state index >= 15 is 0 Å². The Morgan fingerprint density at radius 1 is 0.792 bits per heavy atom. The highest BCUT2D eigenvalue weighted by Gasteiger charge is 2.27. The summed E-state index contributed by atoms with van der Waals surface area (Å²) >= 11 is 11.7. The summed E-state index contributed by atoms with van der Waals surface area (Å²) in [6, 6.07) is 11.8. The van der Waals surface area contributed by atoms with E-state index in [1.165, 1.54) is 24.5 Å². The molecule has 122 valence electrons. The van der Waals surface area contributed by atoms with Crippen LogP contribution in [0.5, 0.6) is 0 Å². The van der Waals surface area contributed by atoms with Crippen molar-refractivity contribution in [3.63, 3.8) is 0 Å². The SMILES string of the molecule is O=P(Nc1nccc(Cl)n1)(Nc1nccc(Cl)n1)c1ccccc1. The van der Waals surface area contributed by atoms with E-state index in [-0.39, 0.29) is 22.2 Å². The fraction of sp³-hybridized carbons (Fsp3) is 0. The van der Waals surface area contributed by atoms with Crippen LogP contribution in [0, 0.1) is 0 Å². The average molecular weight is 381 g/mol. The molecule has 0 unspecified atom stereocenters. The van der Waals surface area contributed by atoms with Gasteiger partial charge in [0.15, 0.2) is 0 Å². The molecule has 7 nitrogen and oxygen atoms in total. The molecule has 3 rings (SSSR count). The molecule has 2 N–H and O–H groups in total. The minimum Gasteiger partial charge on any atom is -0.285 e. The second-order valence-electron chi connectivity index (χ2n) is 4.57. The molecule has 0 bridgehead atoms. The van der Waals surface area contributed by atoms with Crippen LogP contribution in [0.1, 0.15) is 0 Å². The third-order valence-corrected chi connectivity index (χ3v) is 5.35. The molecule has 0 saturated carbocycles. The molecule has 0 amide bonds. The Kier molecular flexibility index (Phi) is 4.94. The van der Waals surface area contributed by atoms with Crippen molar-refractivity contribution < 1.29 is 4.57 Å². The summed E-state index contributed by atoms with van der Waals surface area (Å²) in [5.74, 6) is 0.230. The van der Waals surface area contributed by atoms with Crippen molar-refractivity contribution in [1.82, 2.24) is 19.9 Å². The topological polar surface area (TPSA) is 92.7 Å². The number of benzene rings is 1. The third-order valence-electron chi connectivity index (χ3n) is 2.88. The van der Waals surface area contributed by atoms with Gasteiger partial charge in [0, 0.05) is 12.4 Å². The minimum atomic E-state index is -3.42. The van der Waals surface area contributed by atoms with Crippen molar-refractivity contribution in [2.24, 2.45) is 0 Å². The smallest absolute Gasteiger partial charge is 0.285 e. The maximum atomic E-state index is 13.5. The maximum Gasteiger partial charge on any atom is 0.292 e. The van der Waals surface area contributed by atoms with Crippen LogP contribution in [0.2, 0.25) is 10.3 Å². The minimum absolute atomic E-state index is 0.115. The van der Waals surface area contributed by atoms with E-state index in [0.29, 0.717) is 5.30 Å². The number of hydrogen-bond acceptors (Lipinski definition) is 5. The third kappa shape index (κ3) is 4.00. The van der Waals surface area contributed by atoms with E-state index in [1.807, 2.05) is 6.07 Å². The van der Waals surface area contributed by atoms with Crippen LogP contribution in [-0.4, -0.2) is 19.9 Å². The van der Waals surface area contributed by atoms with Crippen LogP contribution in [-0.2, 0) is 4.57 Å². The van der Waals surface area contributed by atoms with Crippen LogP contribution in [0.25, 0.3) is 0 Å². The monoisotopic (exact) mass is 380 g/mol. The molecule has 2 aromatic heterocycles. The molecule has 10 heteroatoms. The molecular weight excluding hydrogens is 370 g/mol. The lowest BCUT2D eigenvalue weighted by atomic mass is 10.4. The molecule has 0 aliphatic carbocycles. The first kappa shape index (κ1) is 16.6. The van der Waals surface area contributed by atoms with E-state index in [2.05, 4.69) is 30.1 Å². The molecule has 24 heavy (non-hydrogen) atoms. The highest BCUT2D eigenvalue weighted by atomic mass is 35.5. The highest BCUT2D eigenvalue weighted by molar-refractivity contribution is 7.74. The number of nitrogens with zero attached hydrogens (tertiary/aromatic N) is 4. The number of anilines is 2. The van der Waals surface area contributed by atoms with Gasteiger partial charge in [-0.2, -0.15) is 0 Å². The van der Waals surface area contributed by atoms with Crippen molar-refractivity contribution in [3.05, 3.63) is 65.2 Å². The number of rotatable bonds is 5. The van der Waals surface area contributed by atoms with Crippen LogP contribution in [0.4, 0.5) is 11.9 Å². The van der Waals surface area contributed by atoms with E-state index in [4.69, 9.17) is 23.2 Å². The molecule has 0 fully saturated rings. The van der Waals surface area contributed by atoms with Gasteiger partial charge < -0.3 is 0 Å². The van der Waals surface area contributed by atoms with Gasteiger partial charge in [-0.25, -0.2) is 19.9 Å². The Labute approximate surface area is 148 Å². The average Bonchev–Trinajstić information content (AvgIpc) is 2.55. The number of halogens is 2. The Morgan fingerprint density at radius 3 is 1.75 bits per heavy atom. The summed E-state index contributed by atoms with van der Waals surface area (Å²) in [5.41, 5.74) is 0. The van der Waals surface area contributed by atoms with Gasteiger partial charge in [-0.05, 0) is 24.3 Å². The number of hydrogen-bond donors (Lipinski definition) is 2. The summed E-state index contributed by atoms with van der Waals surface area (Å²) in [6.07, 6.45) is 2.92. The van der Waals surface area contributed by atoms with Crippen molar-refractivity contribution in [2.45, 2.75) is 0 Å². The zero-order chi connectivity index (χ0) is 17.0. The predicted octanol–water partition coefficient (Wildman–Crippen LogP) is 3.62. The normalized spacial score (nSPS) is 11.1. The van der Waals surface area contributed by atoms with Crippen LogP contribution < -0.4 is 15.5 Å². The van der Waals surface area contributed by atoms with Gasteiger partial charge in [-0.15, -0.1) is 0 Å². The van der Waals surface area contributed by atoms with Crippen molar-refractivity contribution in [2.75, 3.05) is 10.2 Å². The summed E-state index contributed by atoms with van der Waals surface area (Å²) in [7, 11) is -3.42. The van der Waals surface area contributed by atoms with E-state index in [0.717, 1.165) is 0 Å². The van der Waals surface area contributed by atoms with E-state index in [9.17, 15) is 4.57 Å². The van der Waals surface area contributed by atoms with E-state index in [1.54, 1.807) is 24.3 Å². The first-order valence-electron chi connectivity index (χ1n) is 6.74. The van der Waals surface area contributed by atoms with Gasteiger partial charge in [0.2, 0.25) is 11.9 Å². The highest BCUT2D eigenvalue weighted by Crippen LogP contribution is 2.42. The van der Waals surface area contributed by atoms with Crippen LogP contribution in [0.15, 0.2) is 54.9 Å². The van der Waals surface area contributed by atoms with E-state index < -0.39 is 7.44 Å². The van der Waals surface area contributed by atoms with Gasteiger partial charge >= 0.3 is 0 Å². The molecule has 0 spiro atoms. The Balaban J connectivity index is 1.99. The van der Waals surface area contributed by atoms with Crippen molar-refractivity contribution >= 4 is 47.8 Å². The zero-order valence-corrected chi connectivity index (χ0v) is 14.5. The first-order valence-corrected chi connectivity index (χ1v) is 9.21. The number of nitrogens with one attached hydrogen (secondary N) is 2. The number of aromatic nitrogens is 4. The molecule has 2 heterocycles. The summed E-state index contributed by atoms with van der Waals surface area (Å²) < 4.78 is 13.5. The molecule has 3 aromatic rings. The molecule has 0 aliphatic heterocycles. The second-order valence-corrected chi connectivity index (χ2v) is 7.53. The van der Waals surface area contributed by atoms with Gasteiger partial charge in [-0.3, -0.25) is 14.7 Å². The standard InChI is InChI=1S/C14H11Cl2N6OP/c15-11-6-8-17-13(19-11)21-24(23,10-4-2-1-3-5-10)22-14-18-9-7-12(16)20-14/h1-9H,(H2,17,18,19,20,21,22,23). The lowest BCUT2D eigenvalue weighted by molar-refractivity contribution is 0.587. The summed E-state index contributed by atoms with van der Waals surface area (Å²) in [5, 5.41) is 6.54. The summed E-state index contributed by atoms with van der Waals surface area (Å²) in [4.78, 5) is 16.1. The largest absolute Gasteiger partial charge is 0.292 e. The van der Waals surface area contributed by atoms with Crippen LogP contribution >= 0.6 is 30.6 Å². The van der Waals surface area contributed by atoms with Crippen LogP contribution in [0.3, 0.4) is 0 Å². The summed E-state index contributed by atoms with van der Waals surface area (Å²) in [6.45, 7) is 0. The molecule has 0 saturated heterocycles. The Bertz CT molecular complexity index is 844. The second kappa shape index (κ2) is 7.13. The molecule has 0 aliphatic rings. The van der Waals surface area contributed by atoms with Gasteiger partial charge in [0.05, 0.1) is 5.30 Å². The molecule has 0 atom stereocenters. The fourth-order valence-corrected chi connectivity index (χ4v) is 3.82. The Hall–Kier alpha value is -2.21. The fourth-order valence-electron chi connectivity index (χ4n) is 1.86.